The van der Waals surface area contributed by atoms with E-state index < -0.39 is 16.8 Å². The van der Waals surface area contributed by atoms with Crippen LogP contribution < -0.4 is 0 Å². The first-order valence-corrected chi connectivity index (χ1v) is 7.64. The quantitative estimate of drug-likeness (QED) is 0.910. The van der Waals surface area contributed by atoms with Gasteiger partial charge in [-0.15, -0.1) is 11.3 Å². The Bertz CT molecular complexity index is 440. The Kier molecular flexibility index (Phi) is 3.96. The standard InChI is InChI=1S/C11H14O4S2/c1-7-9(2-4-15-7)17(14)6-8-3-5-16-10(8)11(12)13/h3,5,7,9H,2,4,6H2,1H3,(H,12,13). The molecular weight excluding hydrogens is 260 g/mol. The summed E-state index contributed by atoms with van der Waals surface area (Å²) in [5, 5.41) is 10.7. The molecule has 17 heavy (non-hydrogen) atoms. The van der Waals surface area contributed by atoms with Gasteiger partial charge in [-0.1, -0.05) is 0 Å². The maximum Gasteiger partial charge on any atom is 0.346 e. The second-order valence-corrected chi connectivity index (χ2v) is 6.58. The van der Waals surface area contributed by atoms with Crippen LogP contribution in [0.4, 0.5) is 0 Å². The molecule has 3 unspecified atom stereocenters. The first kappa shape index (κ1) is 12.7. The Hall–Kier alpha value is -0.720. The van der Waals surface area contributed by atoms with E-state index >= 15 is 0 Å². The van der Waals surface area contributed by atoms with E-state index in [0.29, 0.717) is 22.8 Å². The molecule has 1 fully saturated rings. The van der Waals surface area contributed by atoms with Crippen LogP contribution in [0, 0.1) is 0 Å². The molecule has 0 bridgehead atoms. The summed E-state index contributed by atoms with van der Waals surface area (Å²) in [4.78, 5) is 11.2. The number of hydrogen-bond acceptors (Lipinski definition) is 4. The van der Waals surface area contributed by atoms with Crippen LogP contribution in [-0.2, 0) is 21.3 Å². The first-order chi connectivity index (χ1) is 8.09. The van der Waals surface area contributed by atoms with Gasteiger partial charge in [-0.2, -0.15) is 0 Å². The van der Waals surface area contributed by atoms with E-state index in [1.165, 1.54) is 11.3 Å². The van der Waals surface area contributed by atoms with Gasteiger partial charge in [0.05, 0.1) is 17.1 Å². The maximum absolute atomic E-state index is 12.1. The molecule has 0 aliphatic carbocycles. The topological polar surface area (TPSA) is 63.6 Å². The number of carboxylic acids is 1. The van der Waals surface area contributed by atoms with E-state index in [1.807, 2.05) is 6.92 Å². The number of carboxylic acid groups (broad SMARTS) is 1. The molecule has 0 spiro atoms. The highest BCUT2D eigenvalue weighted by molar-refractivity contribution is 7.84. The lowest BCUT2D eigenvalue weighted by Crippen LogP contribution is -2.24. The third-order valence-corrected chi connectivity index (χ3v) is 5.72. The van der Waals surface area contributed by atoms with Crippen molar-refractivity contribution in [2.45, 2.75) is 30.5 Å². The fourth-order valence-electron chi connectivity index (χ4n) is 1.95. The van der Waals surface area contributed by atoms with Gasteiger partial charge in [-0.25, -0.2) is 4.79 Å². The van der Waals surface area contributed by atoms with E-state index in [1.54, 1.807) is 11.4 Å². The van der Waals surface area contributed by atoms with E-state index in [-0.39, 0.29) is 11.4 Å². The van der Waals surface area contributed by atoms with Crippen LogP contribution in [0.15, 0.2) is 11.4 Å². The zero-order valence-corrected chi connectivity index (χ0v) is 11.1. The molecule has 4 nitrogen and oxygen atoms in total. The highest BCUT2D eigenvalue weighted by atomic mass is 32.2. The average Bonchev–Trinajstić information content (AvgIpc) is 2.86. The molecule has 1 saturated heterocycles. The van der Waals surface area contributed by atoms with Gasteiger partial charge in [-0.05, 0) is 30.4 Å². The van der Waals surface area contributed by atoms with Crippen LogP contribution in [0.25, 0.3) is 0 Å². The van der Waals surface area contributed by atoms with Crippen LogP contribution in [0.5, 0.6) is 0 Å². The van der Waals surface area contributed by atoms with Crippen molar-refractivity contribution < 1.29 is 18.8 Å². The molecule has 2 rings (SSSR count). The summed E-state index contributed by atoms with van der Waals surface area (Å²) in [6.07, 6.45) is 0.795. The van der Waals surface area contributed by atoms with E-state index in [4.69, 9.17) is 9.84 Å². The van der Waals surface area contributed by atoms with Crippen LogP contribution in [0.1, 0.15) is 28.6 Å². The Balaban J connectivity index is 2.07. The molecular formula is C11H14O4S2. The van der Waals surface area contributed by atoms with Crippen LogP contribution in [0.2, 0.25) is 0 Å². The number of hydrogen-bond donors (Lipinski definition) is 1. The molecule has 1 aromatic rings. The third-order valence-electron chi connectivity index (χ3n) is 2.88. The molecule has 1 aliphatic rings. The Morgan fingerprint density at radius 1 is 1.71 bits per heavy atom. The summed E-state index contributed by atoms with van der Waals surface area (Å²) >= 11 is 1.18. The number of carbonyl (C=O) groups is 1. The van der Waals surface area contributed by atoms with Crippen molar-refractivity contribution in [3.05, 3.63) is 21.9 Å². The van der Waals surface area contributed by atoms with Gasteiger partial charge in [0.15, 0.2) is 0 Å². The summed E-state index contributed by atoms with van der Waals surface area (Å²) in [5.74, 6) is -0.633. The SMILES string of the molecule is CC1OCCC1S(=O)Cc1ccsc1C(=O)O. The van der Waals surface area contributed by atoms with Gasteiger partial charge in [0, 0.05) is 17.4 Å². The highest BCUT2D eigenvalue weighted by Crippen LogP contribution is 2.24. The minimum atomic E-state index is -1.06. The van der Waals surface area contributed by atoms with Gasteiger partial charge in [0.2, 0.25) is 0 Å². The minimum Gasteiger partial charge on any atom is -0.477 e. The summed E-state index contributed by atoms with van der Waals surface area (Å²) in [7, 11) is -1.06. The predicted molar refractivity (Wildman–Crippen MR) is 66.9 cm³/mol. The predicted octanol–water partition coefficient (Wildman–Crippen LogP) is 1.87. The molecule has 6 heteroatoms. The molecule has 2 heterocycles. The second-order valence-electron chi connectivity index (χ2n) is 4.01. The van der Waals surface area contributed by atoms with Crippen molar-refractivity contribution in [3.63, 3.8) is 0 Å². The third kappa shape index (κ3) is 2.75. The molecule has 94 valence electrons. The lowest BCUT2D eigenvalue weighted by molar-refractivity contribution is 0.0701. The summed E-state index contributed by atoms with van der Waals surface area (Å²) < 4.78 is 17.5. The van der Waals surface area contributed by atoms with Crippen LogP contribution in [-0.4, -0.2) is 33.2 Å². The fourth-order valence-corrected chi connectivity index (χ4v) is 4.43. The molecule has 3 atom stereocenters. The Morgan fingerprint density at radius 2 is 2.47 bits per heavy atom. The number of ether oxygens (including phenoxy) is 1. The Morgan fingerprint density at radius 3 is 3.06 bits per heavy atom. The van der Waals surface area contributed by atoms with Crippen LogP contribution in [0.3, 0.4) is 0 Å². The number of aromatic carboxylic acids is 1. The molecule has 0 aromatic carbocycles. The van der Waals surface area contributed by atoms with Crippen molar-refractivity contribution in [3.8, 4) is 0 Å². The molecule has 1 aliphatic heterocycles. The van der Waals surface area contributed by atoms with Gasteiger partial charge >= 0.3 is 5.97 Å². The number of rotatable bonds is 4. The molecule has 0 radical (unpaired) electrons. The lowest BCUT2D eigenvalue weighted by Gasteiger charge is -2.13. The average molecular weight is 274 g/mol. The van der Waals surface area contributed by atoms with Gasteiger partial charge < -0.3 is 9.84 Å². The summed E-state index contributed by atoms with van der Waals surface area (Å²) in [5.41, 5.74) is 0.667. The monoisotopic (exact) mass is 274 g/mol. The minimum absolute atomic E-state index is 0.00254. The Labute approximate surface area is 106 Å². The largest absolute Gasteiger partial charge is 0.477 e. The summed E-state index contributed by atoms with van der Waals surface area (Å²) in [6.45, 7) is 2.56. The van der Waals surface area contributed by atoms with Crippen molar-refractivity contribution >= 4 is 28.1 Å². The summed E-state index contributed by atoms with van der Waals surface area (Å²) in [6, 6.07) is 1.74. The fraction of sp³-hybridized carbons (Fsp3) is 0.545. The highest BCUT2D eigenvalue weighted by Gasteiger charge is 2.30. The smallest absolute Gasteiger partial charge is 0.346 e. The zero-order valence-electron chi connectivity index (χ0n) is 9.42. The second kappa shape index (κ2) is 5.29. The van der Waals surface area contributed by atoms with Gasteiger partial charge in [0.1, 0.15) is 4.88 Å². The zero-order chi connectivity index (χ0) is 12.4. The molecule has 1 N–H and O–H groups in total. The van der Waals surface area contributed by atoms with Gasteiger partial charge in [-0.3, -0.25) is 4.21 Å². The van der Waals surface area contributed by atoms with Crippen molar-refractivity contribution in [1.82, 2.24) is 0 Å². The first-order valence-electron chi connectivity index (χ1n) is 5.38. The molecule has 1 aromatic heterocycles. The van der Waals surface area contributed by atoms with Gasteiger partial charge in [0.25, 0.3) is 0 Å². The molecule has 0 saturated carbocycles. The van der Waals surface area contributed by atoms with Crippen molar-refractivity contribution in [2.75, 3.05) is 6.61 Å². The van der Waals surface area contributed by atoms with Crippen molar-refractivity contribution in [2.24, 2.45) is 0 Å². The maximum atomic E-state index is 12.1. The van der Waals surface area contributed by atoms with E-state index in [2.05, 4.69) is 0 Å². The molecule has 0 amide bonds. The van der Waals surface area contributed by atoms with E-state index in [9.17, 15) is 9.00 Å². The van der Waals surface area contributed by atoms with Crippen molar-refractivity contribution in [1.29, 1.82) is 0 Å². The van der Waals surface area contributed by atoms with E-state index in [0.717, 1.165) is 6.42 Å². The van der Waals surface area contributed by atoms with Crippen LogP contribution >= 0.6 is 11.3 Å². The number of thiophene rings is 1. The normalized spacial score (nSPS) is 25.9. The lowest BCUT2D eigenvalue weighted by atomic mass is 10.2.